The van der Waals surface area contributed by atoms with E-state index in [0.717, 1.165) is 12.3 Å². The lowest BCUT2D eigenvalue weighted by atomic mass is 10.1. The Bertz CT molecular complexity index is 1720. The number of piperidine rings is 1. The Labute approximate surface area is 226 Å². The van der Waals surface area contributed by atoms with E-state index in [2.05, 4.69) is 15.3 Å². The Morgan fingerprint density at radius 3 is 2.65 bits per heavy atom. The number of hydrogen-bond acceptors (Lipinski definition) is 6. The van der Waals surface area contributed by atoms with Crippen molar-refractivity contribution >= 4 is 26.9 Å². The first kappa shape index (κ1) is 26.4. The van der Waals surface area contributed by atoms with Crippen LogP contribution in [-0.2, 0) is 27.5 Å². The smallest absolute Gasteiger partial charge is 0.417 e. The molecule has 1 amide bonds. The van der Waals surface area contributed by atoms with Gasteiger partial charge in [0.25, 0.3) is 10.0 Å². The standard InChI is InChI=1S/C27H22F4N4O4S/c1-14-20-11-22(35(25(14)20)40(37,38)24-10-16-8-18(28)3-5-23(16)39-24)26(36)34-13-19-9-15(6-7-32-19)21-4-2-17(12-33-21)27(29,30)31/h2-10,12,14,20,22,25H,11,13H2,1H3,(H,34,36)/t14?,20?,22-,25?/m0/s1. The number of halogens is 4. The molecule has 4 atom stereocenters. The first-order chi connectivity index (χ1) is 18.9. The van der Waals surface area contributed by atoms with Crippen molar-refractivity contribution in [3.63, 3.8) is 0 Å². The molecular weight excluding hydrogens is 552 g/mol. The summed E-state index contributed by atoms with van der Waals surface area (Å²) < 4.78 is 86.1. The van der Waals surface area contributed by atoms with Gasteiger partial charge in [-0.3, -0.25) is 14.8 Å². The van der Waals surface area contributed by atoms with Crippen LogP contribution in [0.1, 0.15) is 24.6 Å². The summed E-state index contributed by atoms with van der Waals surface area (Å²) in [6, 6.07) is 8.99. The molecule has 0 radical (unpaired) electrons. The topological polar surface area (TPSA) is 105 Å². The zero-order chi connectivity index (χ0) is 28.4. The number of carbonyl (C=O) groups is 1. The van der Waals surface area contributed by atoms with Gasteiger partial charge in [-0.1, -0.05) is 6.92 Å². The molecule has 208 valence electrons. The number of pyridine rings is 2. The quantitative estimate of drug-likeness (QED) is 0.333. The van der Waals surface area contributed by atoms with Gasteiger partial charge in [0.2, 0.25) is 11.0 Å². The molecule has 1 aromatic carbocycles. The van der Waals surface area contributed by atoms with Gasteiger partial charge in [0.05, 0.1) is 23.5 Å². The van der Waals surface area contributed by atoms with Crippen molar-refractivity contribution in [2.45, 2.75) is 43.2 Å². The first-order valence-corrected chi connectivity index (χ1v) is 13.9. The van der Waals surface area contributed by atoms with Crippen molar-refractivity contribution in [3.8, 4) is 11.3 Å². The Hall–Kier alpha value is -3.84. The first-order valence-electron chi connectivity index (χ1n) is 12.4. The third kappa shape index (κ3) is 4.62. The predicted molar refractivity (Wildman–Crippen MR) is 134 cm³/mol. The molecule has 1 N–H and O–H groups in total. The molecule has 1 aliphatic carbocycles. The highest BCUT2D eigenvalue weighted by atomic mass is 32.2. The van der Waals surface area contributed by atoms with Crippen molar-refractivity contribution in [1.29, 1.82) is 0 Å². The van der Waals surface area contributed by atoms with Gasteiger partial charge < -0.3 is 9.73 Å². The molecule has 1 saturated heterocycles. The van der Waals surface area contributed by atoms with Crippen LogP contribution in [0.15, 0.2) is 70.4 Å². The largest absolute Gasteiger partial charge is 0.443 e. The molecule has 1 aliphatic heterocycles. The fraction of sp³-hybridized carbons (Fsp3) is 0.296. The average molecular weight is 575 g/mol. The number of carbonyl (C=O) groups excluding carboxylic acids is 1. The van der Waals surface area contributed by atoms with Crippen molar-refractivity contribution in [2.75, 3.05) is 0 Å². The summed E-state index contributed by atoms with van der Waals surface area (Å²) in [4.78, 5) is 21.3. The molecule has 3 aromatic heterocycles. The number of alkyl halides is 3. The second kappa shape index (κ2) is 9.37. The SMILES string of the molecule is CC1C2C[C@@H](C(=O)NCc3cc(-c4ccc(C(F)(F)F)cn4)ccn3)N(S(=O)(=O)c3cc4cc(F)ccc4o3)C12. The maximum absolute atomic E-state index is 13.6. The lowest BCUT2D eigenvalue weighted by Gasteiger charge is -2.26. The number of nitrogens with zero attached hydrogens (tertiary/aromatic N) is 3. The summed E-state index contributed by atoms with van der Waals surface area (Å²) in [6.07, 6.45) is -1.96. The molecule has 2 fully saturated rings. The number of fused-ring (bicyclic) bond motifs is 2. The monoisotopic (exact) mass is 574 g/mol. The number of sulfonamides is 1. The Morgan fingerprint density at radius 1 is 1.12 bits per heavy atom. The molecule has 1 saturated carbocycles. The van der Waals surface area contributed by atoms with Crippen LogP contribution < -0.4 is 5.32 Å². The summed E-state index contributed by atoms with van der Waals surface area (Å²) >= 11 is 0. The lowest BCUT2D eigenvalue weighted by molar-refractivity contribution is -0.137. The van der Waals surface area contributed by atoms with Gasteiger partial charge in [0.1, 0.15) is 17.4 Å². The van der Waals surface area contributed by atoms with Crippen LogP contribution in [0.2, 0.25) is 0 Å². The molecule has 4 aromatic rings. The van der Waals surface area contributed by atoms with Crippen LogP contribution >= 0.6 is 0 Å². The van der Waals surface area contributed by atoms with Gasteiger partial charge >= 0.3 is 6.18 Å². The second-order valence-electron chi connectivity index (χ2n) is 10.0. The van der Waals surface area contributed by atoms with E-state index in [4.69, 9.17) is 4.42 Å². The Kier molecular flexibility index (Phi) is 6.18. The Balaban J connectivity index is 1.19. The number of nitrogens with one attached hydrogen (secondary N) is 1. The number of amides is 1. The van der Waals surface area contributed by atoms with Gasteiger partial charge in [-0.25, -0.2) is 12.8 Å². The summed E-state index contributed by atoms with van der Waals surface area (Å²) in [5.74, 6) is -0.932. The maximum atomic E-state index is 13.6. The summed E-state index contributed by atoms with van der Waals surface area (Å²) in [6.45, 7) is 1.89. The highest BCUT2D eigenvalue weighted by Gasteiger charge is 2.64. The van der Waals surface area contributed by atoms with E-state index >= 15 is 0 Å². The molecular formula is C27H22F4N4O4S. The molecule has 0 bridgehead atoms. The number of rotatable bonds is 6. The molecule has 6 rings (SSSR count). The van der Waals surface area contributed by atoms with E-state index in [0.29, 0.717) is 28.8 Å². The van der Waals surface area contributed by atoms with E-state index in [1.807, 2.05) is 6.92 Å². The average Bonchev–Trinajstić information content (AvgIpc) is 3.27. The van der Waals surface area contributed by atoms with Crippen molar-refractivity contribution in [1.82, 2.24) is 19.6 Å². The highest BCUT2D eigenvalue weighted by molar-refractivity contribution is 7.89. The van der Waals surface area contributed by atoms with Crippen LogP contribution in [0.3, 0.4) is 0 Å². The van der Waals surface area contributed by atoms with E-state index in [1.165, 1.54) is 40.8 Å². The zero-order valence-electron chi connectivity index (χ0n) is 20.9. The minimum atomic E-state index is -4.50. The molecule has 3 unspecified atom stereocenters. The van der Waals surface area contributed by atoms with E-state index in [9.17, 15) is 30.8 Å². The number of benzene rings is 1. The minimum absolute atomic E-state index is 0.0274. The van der Waals surface area contributed by atoms with Gasteiger partial charge in [-0.05, 0) is 60.7 Å². The zero-order valence-corrected chi connectivity index (χ0v) is 21.7. The van der Waals surface area contributed by atoms with Gasteiger partial charge in [0, 0.05) is 35.5 Å². The molecule has 8 nitrogen and oxygen atoms in total. The van der Waals surface area contributed by atoms with Crippen LogP contribution in [0, 0.1) is 17.7 Å². The van der Waals surface area contributed by atoms with E-state index in [-0.39, 0.29) is 35.1 Å². The van der Waals surface area contributed by atoms with E-state index in [1.54, 1.807) is 12.1 Å². The lowest BCUT2D eigenvalue weighted by Crippen LogP contribution is -2.48. The van der Waals surface area contributed by atoms with Crippen LogP contribution in [0.25, 0.3) is 22.2 Å². The van der Waals surface area contributed by atoms with Crippen LogP contribution in [0.5, 0.6) is 0 Å². The third-order valence-corrected chi connectivity index (χ3v) is 9.31. The number of aromatic nitrogens is 2. The van der Waals surface area contributed by atoms with Crippen LogP contribution in [-0.4, -0.2) is 40.7 Å². The van der Waals surface area contributed by atoms with Crippen molar-refractivity contribution < 1.29 is 35.2 Å². The number of hydrogen-bond donors (Lipinski definition) is 1. The molecule has 2 aliphatic rings. The van der Waals surface area contributed by atoms with Gasteiger partial charge in [-0.15, -0.1) is 0 Å². The Morgan fingerprint density at radius 2 is 1.93 bits per heavy atom. The molecule has 13 heteroatoms. The summed E-state index contributed by atoms with van der Waals surface area (Å²) in [5, 5.41) is 2.68. The van der Waals surface area contributed by atoms with Crippen molar-refractivity contribution in [3.05, 3.63) is 78.0 Å². The normalized spacial score (nSPS) is 22.8. The molecule has 4 heterocycles. The van der Waals surface area contributed by atoms with E-state index < -0.39 is 39.5 Å². The molecule has 0 spiro atoms. The summed E-state index contributed by atoms with van der Waals surface area (Å²) in [7, 11) is -4.21. The van der Waals surface area contributed by atoms with Crippen LogP contribution in [0.4, 0.5) is 17.6 Å². The minimum Gasteiger partial charge on any atom is -0.443 e. The second-order valence-corrected chi connectivity index (χ2v) is 11.8. The highest BCUT2D eigenvalue weighted by Crippen LogP contribution is 2.55. The molecule has 40 heavy (non-hydrogen) atoms. The predicted octanol–water partition coefficient (Wildman–Crippen LogP) is 4.76. The van der Waals surface area contributed by atoms with Gasteiger partial charge in [-0.2, -0.15) is 17.5 Å². The maximum Gasteiger partial charge on any atom is 0.417 e. The fourth-order valence-electron chi connectivity index (χ4n) is 5.40. The summed E-state index contributed by atoms with van der Waals surface area (Å²) in [5.41, 5.74) is 0.577. The van der Waals surface area contributed by atoms with Crippen molar-refractivity contribution in [2.24, 2.45) is 11.8 Å². The van der Waals surface area contributed by atoms with Gasteiger partial charge in [0.15, 0.2) is 0 Å². The number of furan rings is 1. The fourth-order valence-corrected chi connectivity index (χ4v) is 7.26. The third-order valence-electron chi connectivity index (χ3n) is 7.55.